The lowest BCUT2D eigenvalue weighted by molar-refractivity contribution is -0.913. The summed E-state index contributed by atoms with van der Waals surface area (Å²) in [5, 5.41) is 11.4. The molecule has 1 fully saturated rings. The second-order valence-corrected chi connectivity index (χ2v) is 6.48. The average molecular weight is 302 g/mol. The molecule has 2 aromatic rings. The van der Waals surface area contributed by atoms with Gasteiger partial charge in [0.15, 0.2) is 0 Å². The van der Waals surface area contributed by atoms with Gasteiger partial charge in [-0.1, -0.05) is 0 Å². The summed E-state index contributed by atoms with van der Waals surface area (Å²) in [7, 11) is 0. The summed E-state index contributed by atoms with van der Waals surface area (Å²) in [6.07, 6.45) is 5.15. The van der Waals surface area contributed by atoms with Crippen molar-refractivity contribution in [3.63, 3.8) is 0 Å². The zero-order valence-electron chi connectivity index (χ0n) is 13.4. The SMILES string of the molecule is Cc1cc2oc(=O)cc(C)c2c(O)c1C[NH+]1CCCCCC1. The summed E-state index contributed by atoms with van der Waals surface area (Å²) in [6.45, 7) is 7.00. The molecule has 4 nitrogen and oxygen atoms in total. The molecule has 0 spiro atoms. The molecule has 0 saturated carbocycles. The third kappa shape index (κ3) is 2.88. The first kappa shape index (κ1) is 15.1. The van der Waals surface area contributed by atoms with E-state index >= 15 is 0 Å². The van der Waals surface area contributed by atoms with Crippen molar-refractivity contribution in [3.05, 3.63) is 39.2 Å². The molecule has 0 atom stereocenters. The van der Waals surface area contributed by atoms with Gasteiger partial charge in [-0.25, -0.2) is 4.79 Å². The van der Waals surface area contributed by atoms with Crippen LogP contribution in [0.15, 0.2) is 21.3 Å². The van der Waals surface area contributed by atoms with Crippen LogP contribution in [0.3, 0.4) is 0 Å². The van der Waals surface area contributed by atoms with Crippen molar-refractivity contribution in [2.24, 2.45) is 0 Å². The topological polar surface area (TPSA) is 54.9 Å². The van der Waals surface area contributed by atoms with Crippen molar-refractivity contribution in [1.82, 2.24) is 0 Å². The molecule has 4 heteroatoms. The molecule has 3 rings (SSSR count). The number of aromatic hydroxyl groups is 1. The molecule has 1 saturated heterocycles. The molecule has 0 amide bonds. The predicted molar refractivity (Wildman–Crippen MR) is 86.5 cm³/mol. The average Bonchev–Trinajstić information content (AvgIpc) is 2.70. The Morgan fingerprint density at radius 2 is 1.77 bits per heavy atom. The molecule has 1 aliphatic heterocycles. The Balaban J connectivity index is 2.04. The summed E-state index contributed by atoms with van der Waals surface area (Å²) < 4.78 is 5.25. The number of phenols is 1. The van der Waals surface area contributed by atoms with Crippen molar-refractivity contribution < 1.29 is 14.4 Å². The molecule has 1 aromatic heterocycles. The summed E-state index contributed by atoms with van der Waals surface area (Å²) in [4.78, 5) is 13.0. The van der Waals surface area contributed by atoms with Crippen LogP contribution in [-0.4, -0.2) is 18.2 Å². The van der Waals surface area contributed by atoms with E-state index in [4.69, 9.17) is 4.42 Å². The van der Waals surface area contributed by atoms with Crippen molar-refractivity contribution in [2.75, 3.05) is 13.1 Å². The van der Waals surface area contributed by atoms with Crippen molar-refractivity contribution in [1.29, 1.82) is 0 Å². The van der Waals surface area contributed by atoms with Gasteiger partial charge in [0.05, 0.1) is 24.0 Å². The molecule has 2 heterocycles. The fourth-order valence-electron chi connectivity index (χ4n) is 3.54. The maximum atomic E-state index is 11.5. The highest BCUT2D eigenvalue weighted by molar-refractivity contribution is 5.88. The van der Waals surface area contributed by atoms with E-state index < -0.39 is 0 Å². The van der Waals surface area contributed by atoms with Gasteiger partial charge in [-0.2, -0.15) is 0 Å². The molecule has 1 aliphatic rings. The van der Waals surface area contributed by atoms with E-state index in [9.17, 15) is 9.90 Å². The Bertz CT molecular complexity index is 740. The van der Waals surface area contributed by atoms with Crippen LogP contribution >= 0.6 is 0 Å². The molecular weight excluding hydrogens is 278 g/mol. The van der Waals surface area contributed by atoms with Gasteiger partial charge in [-0.15, -0.1) is 0 Å². The summed E-state index contributed by atoms with van der Waals surface area (Å²) >= 11 is 0. The van der Waals surface area contributed by atoms with E-state index in [-0.39, 0.29) is 11.4 Å². The van der Waals surface area contributed by atoms with Gasteiger partial charge >= 0.3 is 5.63 Å². The first-order valence-electron chi connectivity index (χ1n) is 8.15. The van der Waals surface area contributed by atoms with Crippen LogP contribution in [0.2, 0.25) is 0 Å². The van der Waals surface area contributed by atoms with Gasteiger partial charge in [-0.05, 0) is 56.7 Å². The maximum absolute atomic E-state index is 11.5. The van der Waals surface area contributed by atoms with Crippen molar-refractivity contribution in [3.8, 4) is 5.75 Å². The van der Waals surface area contributed by atoms with Gasteiger partial charge in [-0.3, -0.25) is 0 Å². The number of nitrogens with one attached hydrogen (secondary N) is 1. The van der Waals surface area contributed by atoms with Crippen LogP contribution in [0.25, 0.3) is 11.0 Å². The maximum Gasteiger partial charge on any atom is 0.336 e. The van der Waals surface area contributed by atoms with E-state index in [1.807, 2.05) is 19.9 Å². The lowest BCUT2D eigenvalue weighted by Crippen LogP contribution is -3.10. The zero-order valence-corrected chi connectivity index (χ0v) is 13.4. The number of likely N-dealkylation sites (tertiary alicyclic amines) is 1. The number of fused-ring (bicyclic) bond motifs is 1. The Labute approximate surface area is 130 Å². The number of aryl methyl sites for hydroxylation is 2. The standard InChI is InChI=1S/C18H23NO3/c1-12-9-15-17(13(2)10-16(20)22-15)18(21)14(12)11-19-7-5-3-4-6-8-19/h9-10,21H,3-8,11H2,1-2H3/p+1. The first-order chi connectivity index (χ1) is 10.6. The predicted octanol–water partition coefficient (Wildman–Crippen LogP) is 2.07. The molecule has 0 unspecified atom stereocenters. The third-order valence-electron chi connectivity index (χ3n) is 4.77. The van der Waals surface area contributed by atoms with Crippen LogP contribution in [0.5, 0.6) is 5.75 Å². The van der Waals surface area contributed by atoms with Crippen LogP contribution in [0.4, 0.5) is 0 Å². The molecule has 2 N–H and O–H groups in total. The summed E-state index contributed by atoms with van der Waals surface area (Å²) in [5.74, 6) is 0.285. The van der Waals surface area contributed by atoms with Crippen LogP contribution < -0.4 is 10.5 Å². The Hall–Kier alpha value is -1.81. The van der Waals surface area contributed by atoms with Gasteiger partial charge in [0, 0.05) is 6.07 Å². The highest BCUT2D eigenvalue weighted by atomic mass is 16.4. The van der Waals surface area contributed by atoms with Crippen molar-refractivity contribution in [2.45, 2.75) is 46.1 Å². The van der Waals surface area contributed by atoms with E-state index in [0.29, 0.717) is 11.0 Å². The molecule has 0 bridgehead atoms. The van der Waals surface area contributed by atoms with E-state index in [2.05, 4.69) is 0 Å². The minimum Gasteiger partial charge on any atom is -0.507 e. The lowest BCUT2D eigenvalue weighted by Gasteiger charge is -2.20. The van der Waals surface area contributed by atoms with Crippen LogP contribution in [0.1, 0.15) is 42.4 Å². The molecule has 118 valence electrons. The molecule has 1 aromatic carbocycles. The molecule has 0 radical (unpaired) electrons. The minimum atomic E-state index is -0.366. The Kier molecular flexibility index (Phi) is 4.21. The molecule has 22 heavy (non-hydrogen) atoms. The van der Waals surface area contributed by atoms with E-state index in [1.54, 1.807) is 0 Å². The third-order valence-corrected chi connectivity index (χ3v) is 4.77. The van der Waals surface area contributed by atoms with Gasteiger partial charge in [0.1, 0.15) is 17.9 Å². The van der Waals surface area contributed by atoms with E-state index in [0.717, 1.165) is 23.2 Å². The number of hydrogen-bond donors (Lipinski definition) is 2. The van der Waals surface area contributed by atoms with Crippen molar-refractivity contribution >= 4 is 11.0 Å². The van der Waals surface area contributed by atoms with Crippen LogP contribution in [0, 0.1) is 13.8 Å². The van der Waals surface area contributed by atoms with Gasteiger partial charge in [0.2, 0.25) is 0 Å². The van der Waals surface area contributed by atoms with Gasteiger partial charge < -0.3 is 14.4 Å². The lowest BCUT2D eigenvalue weighted by atomic mass is 10.0. The zero-order chi connectivity index (χ0) is 15.7. The number of quaternary nitrogens is 1. The fourth-order valence-corrected chi connectivity index (χ4v) is 3.54. The Morgan fingerprint density at radius 3 is 2.45 bits per heavy atom. The largest absolute Gasteiger partial charge is 0.507 e. The highest BCUT2D eigenvalue weighted by Crippen LogP contribution is 2.32. The summed E-state index contributed by atoms with van der Waals surface area (Å²) in [5.41, 5.74) is 2.87. The molecule has 0 aliphatic carbocycles. The van der Waals surface area contributed by atoms with Crippen LogP contribution in [-0.2, 0) is 6.54 Å². The second kappa shape index (κ2) is 6.13. The number of phenolic OH excluding ortho intramolecular Hbond substituents is 1. The summed E-state index contributed by atoms with van der Waals surface area (Å²) in [6, 6.07) is 3.33. The monoisotopic (exact) mass is 302 g/mol. The van der Waals surface area contributed by atoms with Gasteiger partial charge in [0.25, 0.3) is 0 Å². The number of benzene rings is 1. The second-order valence-electron chi connectivity index (χ2n) is 6.48. The minimum absolute atomic E-state index is 0.285. The first-order valence-corrected chi connectivity index (χ1v) is 8.15. The Morgan fingerprint density at radius 1 is 1.09 bits per heavy atom. The fraction of sp³-hybridized carbons (Fsp3) is 0.500. The van der Waals surface area contributed by atoms with E-state index in [1.165, 1.54) is 49.7 Å². The number of rotatable bonds is 2. The smallest absolute Gasteiger partial charge is 0.336 e. The number of hydrogen-bond acceptors (Lipinski definition) is 3. The highest BCUT2D eigenvalue weighted by Gasteiger charge is 2.20. The quantitative estimate of drug-likeness (QED) is 0.835. The normalized spacial score (nSPS) is 16.8. The molecular formula is C18H24NO3+.